The molecule has 0 aliphatic heterocycles. The number of rotatable bonds is 17. The molecule has 0 aromatic carbocycles. The molecule has 0 fully saturated rings. The Morgan fingerprint density at radius 1 is 0.684 bits per heavy atom. The van der Waals surface area contributed by atoms with E-state index in [4.69, 9.17) is 53.7 Å². The van der Waals surface area contributed by atoms with Crippen LogP contribution in [-0.4, -0.2) is 108 Å². The summed E-state index contributed by atoms with van der Waals surface area (Å²) < 4.78 is 57.5. The van der Waals surface area contributed by atoms with E-state index in [1.54, 1.807) is 0 Å². The van der Waals surface area contributed by atoms with E-state index in [0.29, 0.717) is 38.8 Å². The summed E-state index contributed by atoms with van der Waals surface area (Å²) in [5.74, 6) is -2.35. The van der Waals surface area contributed by atoms with E-state index in [2.05, 4.69) is 9.98 Å². The molecule has 16 N–H and O–H groups in total. The van der Waals surface area contributed by atoms with Crippen molar-refractivity contribution in [3.8, 4) is 0 Å². The zero-order valence-electron chi connectivity index (χ0n) is 20.5. The van der Waals surface area contributed by atoms with Crippen LogP contribution in [-0.2, 0) is 29.8 Å². The molecule has 226 valence electrons. The van der Waals surface area contributed by atoms with Crippen molar-refractivity contribution in [1.82, 2.24) is 0 Å². The van der Waals surface area contributed by atoms with Crippen LogP contribution in [0.5, 0.6) is 0 Å². The SMILES string of the molecule is NC(N)=NCCC[C@H](N)C(=O)O.NC(N)=NCCC[C@H](N)C(=O)O.O=S(=O)(O)CCSSCCS(=O)(=O)O. The van der Waals surface area contributed by atoms with Gasteiger partial charge in [0.05, 0.1) is 11.5 Å². The Balaban J connectivity index is -0.000000486. The van der Waals surface area contributed by atoms with Crippen molar-refractivity contribution in [3.63, 3.8) is 0 Å². The number of carbonyl (C=O) groups is 2. The predicted octanol–water partition coefficient (Wildman–Crippen LogP) is -2.95. The molecule has 38 heavy (non-hydrogen) atoms. The fraction of sp³-hybridized carbons (Fsp3) is 0.750. The second-order valence-corrected chi connectivity index (χ2v) is 12.8. The van der Waals surface area contributed by atoms with Crippen molar-refractivity contribution in [2.24, 2.45) is 44.4 Å². The molecular formula is C16H38N8O10S4. The predicted molar refractivity (Wildman–Crippen MR) is 149 cm³/mol. The molecule has 0 saturated carbocycles. The lowest BCUT2D eigenvalue weighted by molar-refractivity contribution is -0.139. The average molecular weight is 631 g/mol. The third-order valence-corrected chi connectivity index (χ3v) is 7.87. The maximum Gasteiger partial charge on any atom is 0.320 e. The number of aliphatic carboxylic acids is 2. The van der Waals surface area contributed by atoms with Crippen LogP contribution in [0.3, 0.4) is 0 Å². The lowest BCUT2D eigenvalue weighted by Gasteiger charge is -2.03. The summed E-state index contributed by atoms with van der Waals surface area (Å²) in [5, 5.41) is 16.8. The highest BCUT2D eigenvalue weighted by Gasteiger charge is 2.10. The number of guanidine groups is 2. The number of carboxylic acids is 2. The van der Waals surface area contributed by atoms with E-state index in [0.717, 1.165) is 21.6 Å². The summed E-state index contributed by atoms with van der Waals surface area (Å²) in [6.07, 6.45) is 1.91. The Bertz CT molecular complexity index is 864. The molecule has 0 aliphatic carbocycles. The Labute approximate surface area is 229 Å². The largest absolute Gasteiger partial charge is 0.480 e. The molecule has 0 amide bonds. The Morgan fingerprint density at radius 3 is 1.18 bits per heavy atom. The number of hydrogen-bond donors (Lipinski definition) is 10. The van der Waals surface area contributed by atoms with Gasteiger partial charge in [-0.3, -0.25) is 28.7 Å². The first-order chi connectivity index (χ1) is 17.3. The maximum absolute atomic E-state index is 10.2. The molecule has 2 atom stereocenters. The van der Waals surface area contributed by atoms with Gasteiger partial charge in [0, 0.05) is 24.6 Å². The van der Waals surface area contributed by atoms with Crippen LogP contribution in [0.1, 0.15) is 25.7 Å². The van der Waals surface area contributed by atoms with Crippen LogP contribution in [0.15, 0.2) is 9.98 Å². The summed E-state index contributed by atoms with van der Waals surface area (Å²) in [6.45, 7) is 0.840. The van der Waals surface area contributed by atoms with Crippen molar-refractivity contribution < 1.29 is 45.7 Å². The second-order valence-electron chi connectivity index (χ2n) is 7.00. The zero-order chi connectivity index (χ0) is 30.4. The summed E-state index contributed by atoms with van der Waals surface area (Å²) in [5.41, 5.74) is 30.6. The van der Waals surface area contributed by atoms with Crippen LogP contribution in [0, 0.1) is 0 Å². The molecule has 0 aromatic rings. The molecule has 0 aromatic heterocycles. The third kappa shape index (κ3) is 38.5. The molecule has 0 heterocycles. The number of nitrogens with two attached hydrogens (primary N) is 6. The third-order valence-electron chi connectivity index (χ3n) is 3.50. The zero-order valence-corrected chi connectivity index (χ0v) is 23.7. The summed E-state index contributed by atoms with van der Waals surface area (Å²) >= 11 is 0. The van der Waals surface area contributed by atoms with Gasteiger partial charge in [-0.05, 0) is 25.7 Å². The highest BCUT2D eigenvalue weighted by molar-refractivity contribution is 8.76. The van der Waals surface area contributed by atoms with Crippen LogP contribution >= 0.6 is 21.6 Å². The topological polar surface area (TPSA) is 364 Å². The molecule has 18 nitrogen and oxygen atoms in total. The molecule has 0 spiro atoms. The van der Waals surface area contributed by atoms with E-state index in [1.807, 2.05) is 0 Å². The fourth-order valence-corrected chi connectivity index (χ4v) is 6.08. The van der Waals surface area contributed by atoms with Gasteiger partial charge in [0.1, 0.15) is 12.1 Å². The van der Waals surface area contributed by atoms with Gasteiger partial charge in [-0.1, -0.05) is 21.6 Å². The Morgan fingerprint density at radius 2 is 0.974 bits per heavy atom. The van der Waals surface area contributed by atoms with Gasteiger partial charge in [0.2, 0.25) is 0 Å². The minimum atomic E-state index is -3.94. The van der Waals surface area contributed by atoms with E-state index < -0.39 is 44.3 Å². The minimum Gasteiger partial charge on any atom is -0.480 e. The van der Waals surface area contributed by atoms with Crippen molar-refractivity contribution in [2.45, 2.75) is 37.8 Å². The summed E-state index contributed by atoms with van der Waals surface area (Å²) in [4.78, 5) is 27.8. The van der Waals surface area contributed by atoms with E-state index in [1.165, 1.54) is 0 Å². The molecule has 0 unspecified atom stereocenters. The van der Waals surface area contributed by atoms with E-state index in [9.17, 15) is 26.4 Å². The molecule has 0 rings (SSSR count). The van der Waals surface area contributed by atoms with Gasteiger partial charge in [0.15, 0.2) is 11.9 Å². The van der Waals surface area contributed by atoms with Crippen LogP contribution in [0.2, 0.25) is 0 Å². The highest BCUT2D eigenvalue weighted by Crippen LogP contribution is 2.21. The smallest absolute Gasteiger partial charge is 0.320 e. The first-order valence-corrected chi connectivity index (χ1v) is 16.2. The standard InChI is InChI=1S/2C6H14N4O2.C4H10O6S4/c2*7-4(5(11)12)2-1-3-10-6(8)9;5-13(6,7)3-1-11-12-2-4-14(8,9)10/h2*4H,1-3,7H2,(H,11,12)(H4,8,9,10);1-4H2,(H,5,6,7)(H,8,9,10)/t2*4-;/m00./s1. The van der Waals surface area contributed by atoms with Crippen molar-refractivity contribution >= 4 is 65.7 Å². The molecule has 22 heteroatoms. The average Bonchev–Trinajstić information content (AvgIpc) is 2.75. The first-order valence-electron chi connectivity index (χ1n) is 10.5. The molecule has 0 saturated heterocycles. The van der Waals surface area contributed by atoms with Gasteiger partial charge in [0.25, 0.3) is 20.2 Å². The number of aliphatic imine (C=N–C) groups is 2. The second kappa shape index (κ2) is 22.9. The summed E-state index contributed by atoms with van der Waals surface area (Å²) in [7, 11) is -5.64. The van der Waals surface area contributed by atoms with Crippen molar-refractivity contribution in [1.29, 1.82) is 0 Å². The normalized spacial score (nSPS) is 12.4. The number of nitrogens with zero attached hydrogens (tertiary/aromatic N) is 2. The van der Waals surface area contributed by atoms with Crippen molar-refractivity contribution in [3.05, 3.63) is 0 Å². The lowest BCUT2D eigenvalue weighted by Crippen LogP contribution is -2.30. The molecule has 0 bridgehead atoms. The van der Waals surface area contributed by atoms with Crippen LogP contribution < -0.4 is 34.4 Å². The maximum atomic E-state index is 10.2. The van der Waals surface area contributed by atoms with Gasteiger partial charge in [-0.25, -0.2) is 0 Å². The van der Waals surface area contributed by atoms with Gasteiger partial charge in [-0.2, -0.15) is 16.8 Å². The first kappa shape index (κ1) is 40.4. The number of carboxylic acid groups (broad SMARTS) is 2. The van der Waals surface area contributed by atoms with Crippen LogP contribution in [0.4, 0.5) is 0 Å². The number of hydrogen-bond acceptors (Lipinski definition) is 12. The van der Waals surface area contributed by atoms with Gasteiger partial charge >= 0.3 is 11.9 Å². The quantitative estimate of drug-likeness (QED) is 0.0252. The van der Waals surface area contributed by atoms with Gasteiger partial charge in [-0.15, -0.1) is 0 Å². The van der Waals surface area contributed by atoms with Crippen molar-refractivity contribution in [2.75, 3.05) is 36.1 Å². The highest BCUT2D eigenvalue weighted by atomic mass is 33.1. The molecule has 0 radical (unpaired) electrons. The van der Waals surface area contributed by atoms with Gasteiger partial charge < -0.3 is 44.6 Å². The van der Waals surface area contributed by atoms with Crippen LogP contribution in [0.25, 0.3) is 0 Å². The van der Waals surface area contributed by atoms with E-state index in [-0.39, 0.29) is 34.9 Å². The molecule has 0 aliphatic rings. The summed E-state index contributed by atoms with van der Waals surface area (Å²) in [6, 6.07) is -1.64. The lowest BCUT2D eigenvalue weighted by atomic mass is 10.2. The Hall–Kier alpha value is -2.08. The molecular weight excluding hydrogens is 592 g/mol. The monoisotopic (exact) mass is 630 g/mol. The Kier molecular flexibility index (Phi) is 24.3. The van der Waals surface area contributed by atoms with E-state index >= 15 is 0 Å². The minimum absolute atomic E-state index is 0.0129. The fourth-order valence-electron chi connectivity index (χ4n) is 1.68.